The molecule has 0 radical (unpaired) electrons. The van der Waals surface area contributed by atoms with E-state index in [4.69, 9.17) is 5.73 Å². The molecule has 1 amide bonds. The lowest BCUT2D eigenvalue weighted by atomic mass is 10.2. The maximum atomic E-state index is 12.5. The maximum Gasteiger partial charge on any atom is 0.310 e. The van der Waals surface area contributed by atoms with Crippen LogP contribution in [0.3, 0.4) is 0 Å². The fourth-order valence-electron chi connectivity index (χ4n) is 0.985. The smallest absolute Gasteiger partial charge is 0.310 e. The first-order chi connectivity index (χ1) is 7.34. The number of primary amides is 1. The molecular formula is C7H4BrF2N3O3. The average molecular weight is 296 g/mol. The maximum absolute atomic E-state index is 12.5. The molecule has 1 aromatic heterocycles. The molecule has 0 unspecified atom stereocenters. The van der Waals surface area contributed by atoms with E-state index < -0.39 is 34.3 Å². The van der Waals surface area contributed by atoms with Crippen molar-refractivity contribution in [2.75, 3.05) is 0 Å². The summed E-state index contributed by atoms with van der Waals surface area (Å²) >= 11 is 2.71. The Bertz CT molecular complexity index is 466. The van der Waals surface area contributed by atoms with Crippen molar-refractivity contribution in [2.24, 2.45) is 5.73 Å². The summed E-state index contributed by atoms with van der Waals surface area (Å²) in [6.45, 7) is 0. The van der Waals surface area contributed by atoms with Gasteiger partial charge in [0.1, 0.15) is 5.69 Å². The molecular weight excluding hydrogens is 292 g/mol. The predicted octanol–water partition coefficient (Wildman–Crippen LogP) is 1.79. The molecule has 0 aromatic carbocycles. The van der Waals surface area contributed by atoms with E-state index in [1.807, 2.05) is 0 Å². The number of hydrogen-bond donors (Lipinski definition) is 1. The lowest BCUT2D eigenvalue weighted by Crippen LogP contribution is -2.15. The molecule has 1 heterocycles. The number of rotatable bonds is 3. The lowest BCUT2D eigenvalue weighted by molar-refractivity contribution is -0.387. The third kappa shape index (κ3) is 2.30. The highest BCUT2D eigenvalue weighted by Crippen LogP contribution is 2.33. The highest BCUT2D eigenvalue weighted by Gasteiger charge is 2.28. The second kappa shape index (κ2) is 4.47. The minimum Gasteiger partial charge on any atom is -0.364 e. The van der Waals surface area contributed by atoms with E-state index in [1.165, 1.54) is 0 Å². The van der Waals surface area contributed by atoms with Gasteiger partial charge in [0.05, 0.1) is 9.40 Å². The highest BCUT2D eigenvalue weighted by molar-refractivity contribution is 9.10. The molecule has 0 saturated heterocycles. The first kappa shape index (κ1) is 12.4. The SMILES string of the molecule is NC(=O)c1cc(Br)c([N+](=O)[O-])c(C(F)F)n1. The summed E-state index contributed by atoms with van der Waals surface area (Å²) in [5.41, 5.74) is 2.41. The number of halogens is 3. The summed E-state index contributed by atoms with van der Waals surface area (Å²) in [5.74, 6) is -1.04. The van der Waals surface area contributed by atoms with Crippen LogP contribution in [-0.4, -0.2) is 15.8 Å². The summed E-state index contributed by atoms with van der Waals surface area (Å²) in [5, 5.41) is 10.5. The van der Waals surface area contributed by atoms with Crippen LogP contribution in [0.25, 0.3) is 0 Å². The average Bonchev–Trinajstić information content (AvgIpc) is 2.15. The van der Waals surface area contributed by atoms with E-state index in [-0.39, 0.29) is 4.47 Å². The Balaban J connectivity index is 3.51. The standard InChI is InChI=1S/C7H4BrF2N3O3/c8-2-1-3(7(11)14)12-4(6(9)10)5(2)13(15)16/h1,6H,(H2,11,14). The van der Waals surface area contributed by atoms with Gasteiger partial charge >= 0.3 is 5.69 Å². The fraction of sp³-hybridized carbons (Fsp3) is 0.143. The van der Waals surface area contributed by atoms with Gasteiger partial charge in [0.2, 0.25) is 0 Å². The van der Waals surface area contributed by atoms with Crippen LogP contribution >= 0.6 is 15.9 Å². The van der Waals surface area contributed by atoms with Crippen molar-refractivity contribution in [3.05, 3.63) is 32.0 Å². The number of hydrogen-bond acceptors (Lipinski definition) is 4. The number of nitro groups is 1. The minimum absolute atomic E-state index is 0.267. The Hall–Kier alpha value is -1.64. The normalized spacial score (nSPS) is 10.5. The molecule has 0 bridgehead atoms. The second-order valence-electron chi connectivity index (χ2n) is 2.65. The van der Waals surface area contributed by atoms with Gasteiger partial charge in [-0.05, 0) is 22.0 Å². The van der Waals surface area contributed by atoms with Gasteiger partial charge in [-0.2, -0.15) is 0 Å². The summed E-state index contributed by atoms with van der Waals surface area (Å²) in [6, 6.07) is 0.923. The zero-order chi connectivity index (χ0) is 12.5. The summed E-state index contributed by atoms with van der Waals surface area (Å²) < 4.78 is 24.7. The van der Waals surface area contributed by atoms with Crippen molar-refractivity contribution >= 4 is 27.5 Å². The van der Waals surface area contributed by atoms with E-state index >= 15 is 0 Å². The fourth-order valence-corrected chi connectivity index (χ4v) is 1.55. The van der Waals surface area contributed by atoms with E-state index in [2.05, 4.69) is 20.9 Å². The number of alkyl halides is 2. The van der Waals surface area contributed by atoms with Gasteiger partial charge in [0.25, 0.3) is 12.3 Å². The Morgan fingerprint density at radius 3 is 2.56 bits per heavy atom. The number of aromatic nitrogens is 1. The molecule has 16 heavy (non-hydrogen) atoms. The molecule has 0 spiro atoms. The molecule has 1 rings (SSSR count). The molecule has 0 atom stereocenters. The summed E-state index contributed by atoms with van der Waals surface area (Å²) in [7, 11) is 0. The van der Waals surface area contributed by atoms with E-state index in [1.54, 1.807) is 0 Å². The first-order valence-corrected chi connectivity index (χ1v) is 4.56. The van der Waals surface area contributed by atoms with Gasteiger partial charge in [-0.15, -0.1) is 0 Å². The number of pyridine rings is 1. The van der Waals surface area contributed by atoms with Gasteiger partial charge < -0.3 is 5.73 Å². The van der Waals surface area contributed by atoms with Crippen molar-refractivity contribution < 1.29 is 18.5 Å². The van der Waals surface area contributed by atoms with Crippen LogP contribution < -0.4 is 5.73 Å². The third-order valence-corrected chi connectivity index (χ3v) is 2.22. The number of carbonyl (C=O) groups is 1. The van der Waals surface area contributed by atoms with Gasteiger partial charge in [0, 0.05) is 0 Å². The Morgan fingerprint density at radius 2 is 2.19 bits per heavy atom. The molecule has 0 aliphatic carbocycles. The quantitative estimate of drug-likeness (QED) is 0.678. The molecule has 0 aliphatic rings. The number of nitrogens with two attached hydrogens (primary N) is 1. The first-order valence-electron chi connectivity index (χ1n) is 3.77. The van der Waals surface area contributed by atoms with Gasteiger partial charge in [-0.3, -0.25) is 14.9 Å². The van der Waals surface area contributed by atoms with E-state index in [9.17, 15) is 23.7 Å². The Labute approximate surface area is 95.7 Å². The van der Waals surface area contributed by atoms with Crippen molar-refractivity contribution in [1.29, 1.82) is 0 Å². The van der Waals surface area contributed by atoms with Gasteiger partial charge in [-0.25, -0.2) is 13.8 Å². The van der Waals surface area contributed by atoms with Crippen LogP contribution in [0.2, 0.25) is 0 Å². The zero-order valence-electron chi connectivity index (χ0n) is 7.49. The molecule has 1 aromatic rings. The monoisotopic (exact) mass is 295 g/mol. The molecule has 0 saturated carbocycles. The van der Waals surface area contributed by atoms with Crippen LogP contribution in [0.1, 0.15) is 22.6 Å². The van der Waals surface area contributed by atoms with Crippen LogP contribution in [0, 0.1) is 10.1 Å². The summed E-state index contributed by atoms with van der Waals surface area (Å²) in [6.07, 6.45) is -3.17. The van der Waals surface area contributed by atoms with Gasteiger partial charge in [-0.1, -0.05) is 0 Å². The van der Waals surface area contributed by atoms with Crippen LogP contribution in [-0.2, 0) is 0 Å². The Morgan fingerprint density at radius 1 is 1.62 bits per heavy atom. The second-order valence-corrected chi connectivity index (χ2v) is 3.50. The predicted molar refractivity (Wildman–Crippen MR) is 52.1 cm³/mol. The molecule has 0 aliphatic heterocycles. The van der Waals surface area contributed by atoms with Crippen molar-refractivity contribution in [2.45, 2.75) is 6.43 Å². The summed E-state index contributed by atoms with van der Waals surface area (Å²) in [4.78, 5) is 23.4. The number of amides is 1. The highest BCUT2D eigenvalue weighted by atomic mass is 79.9. The molecule has 6 nitrogen and oxygen atoms in total. The van der Waals surface area contributed by atoms with Gasteiger partial charge in [0.15, 0.2) is 5.69 Å². The minimum atomic E-state index is -3.17. The zero-order valence-corrected chi connectivity index (χ0v) is 9.07. The van der Waals surface area contributed by atoms with E-state index in [0.717, 1.165) is 6.07 Å². The van der Waals surface area contributed by atoms with Crippen LogP contribution in [0.15, 0.2) is 10.5 Å². The largest absolute Gasteiger partial charge is 0.364 e. The lowest BCUT2D eigenvalue weighted by Gasteiger charge is -2.04. The van der Waals surface area contributed by atoms with Crippen molar-refractivity contribution in [3.8, 4) is 0 Å². The number of nitrogens with zero attached hydrogens (tertiary/aromatic N) is 2. The van der Waals surface area contributed by atoms with Crippen molar-refractivity contribution in [3.63, 3.8) is 0 Å². The molecule has 2 N–H and O–H groups in total. The third-order valence-electron chi connectivity index (χ3n) is 1.61. The van der Waals surface area contributed by atoms with Crippen molar-refractivity contribution in [1.82, 2.24) is 4.98 Å². The number of carbonyl (C=O) groups excluding carboxylic acids is 1. The molecule has 0 fully saturated rings. The Kier molecular flexibility index (Phi) is 3.48. The van der Waals surface area contributed by atoms with Crippen LogP contribution in [0.4, 0.5) is 14.5 Å². The van der Waals surface area contributed by atoms with Crippen LogP contribution in [0.5, 0.6) is 0 Å². The van der Waals surface area contributed by atoms with E-state index in [0.29, 0.717) is 0 Å². The molecule has 86 valence electrons. The molecule has 9 heteroatoms. The topological polar surface area (TPSA) is 99.1 Å².